The Bertz CT molecular complexity index is 762. The topological polar surface area (TPSA) is 17.1 Å². The maximum atomic E-state index is 10.9. The maximum absolute atomic E-state index is 10.9. The Morgan fingerprint density at radius 2 is 1.47 bits per heavy atom. The first-order valence-corrected chi connectivity index (χ1v) is 6.39. The van der Waals surface area contributed by atoms with Gasteiger partial charge in [-0.15, -0.1) is 0 Å². The molecule has 3 rings (SSSR count). The van der Waals surface area contributed by atoms with Crippen LogP contribution in [0.1, 0.15) is 10.4 Å². The van der Waals surface area contributed by atoms with Crippen LogP contribution in [-0.2, 0) is 0 Å². The lowest BCUT2D eigenvalue weighted by atomic mass is 10.00. The Kier molecular flexibility index (Phi) is 3.06. The smallest absolute Gasteiger partial charge is 0.151 e. The van der Waals surface area contributed by atoms with Crippen LogP contribution < -0.4 is 0 Å². The normalized spacial score (nSPS) is 10.6. The molecule has 1 nitrogen and oxygen atoms in total. The number of rotatable bonds is 2. The Morgan fingerprint density at radius 1 is 0.789 bits per heavy atom. The highest BCUT2D eigenvalue weighted by molar-refractivity contribution is 6.33. The Balaban J connectivity index is 2.16. The third-order valence-electron chi connectivity index (χ3n) is 3.21. The van der Waals surface area contributed by atoms with Crippen molar-refractivity contribution < 1.29 is 4.79 Å². The van der Waals surface area contributed by atoms with Crippen LogP contribution in [0.2, 0.25) is 5.02 Å². The van der Waals surface area contributed by atoms with E-state index in [0.717, 1.165) is 17.4 Å². The van der Waals surface area contributed by atoms with Crippen molar-refractivity contribution >= 4 is 28.7 Å². The van der Waals surface area contributed by atoms with Gasteiger partial charge in [0, 0.05) is 5.56 Å². The van der Waals surface area contributed by atoms with Crippen molar-refractivity contribution in [1.29, 1.82) is 0 Å². The van der Waals surface area contributed by atoms with Gasteiger partial charge in [-0.25, -0.2) is 0 Å². The van der Waals surface area contributed by atoms with E-state index in [1.807, 2.05) is 24.3 Å². The lowest BCUT2D eigenvalue weighted by Gasteiger charge is -2.06. The summed E-state index contributed by atoms with van der Waals surface area (Å²) in [7, 11) is 0. The third-order valence-corrected chi connectivity index (χ3v) is 3.55. The lowest BCUT2D eigenvalue weighted by Crippen LogP contribution is -1.85. The average molecular weight is 267 g/mol. The van der Waals surface area contributed by atoms with E-state index in [1.165, 1.54) is 10.8 Å². The van der Waals surface area contributed by atoms with Gasteiger partial charge in [0.05, 0.1) is 5.02 Å². The average Bonchev–Trinajstić information content (AvgIpc) is 2.47. The highest BCUT2D eigenvalue weighted by atomic mass is 35.5. The molecule has 0 atom stereocenters. The second-order valence-electron chi connectivity index (χ2n) is 4.42. The molecule has 3 aromatic rings. The van der Waals surface area contributed by atoms with Gasteiger partial charge in [0.2, 0.25) is 0 Å². The number of hydrogen-bond donors (Lipinski definition) is 0. The van der Waals surface area contributed by atoms with Crippen molar-refractivity contribution in [2.45, 2.75) is 0 Å². The largest absolute Gasteiger partial charge is 0.298 e. The van der Waals surface area contributed by atoms with Crippen LogP contribution >= 0.6 is 11.6 Å². The van der Waals surface area contributed by atoms with Crippen LogP contribution in [0.5, 0.6) is 0 Å². The molecular formula is C17H11ClO. The maximum Gasteiger partial charge on any atom is 0.151 e. The van der Waals surface area contributed by atoms with E-state index in [1.54, 1.807) is 6.07 Å². The molecule has 0 saturated heterocycles. The molecule has 0 fully saturated rings. The second kappa shape index (κ2) is 4.87. The molecule has 0 saturated carbocycles. The highest BCUT2D eigenvalue weighted by Crippen LogP contribution is 2.27. The lowest BCUT2D eigenvalue weighted by molar-refractivity contribution is 0.112. The number of carbonyl (C=O) groups excluding carboxylic acids is 1. The van der Waals surface area contributed by atoms with Crippen LogP contribution in [0.15, 0.2) is 60.7 Å². The molecule has 0 aliphatic rings. The molecule has 0 unspecified atom stereocenters. The molecule has 0 spiro atoms. The summed E-state index contributed by atoms with van der Waals surface area (Å²) in [5, 5.41) is 2.87. The highest BCUT2D eigenvalue weighted by Gasteiger charge is 2.04. The van der Waals surface area contributed by atoms with E-state index in [9.17, 15) is 4.79 Å². The van der Waals surface area contributed by atoms with Gasteiger partial charge in [-0.2, -0.15) is 0 Å². The van der Waals surface area contributed by atoms with Gasteiger partial charge in [0.1, 0.15) is 0 Å². The van der Waals surface area contributed by atoms with Crippen molar-refractivity contribution in [3.8, 4) is 11.1 Å². The molecule has 0 heterocycles. The predicted molar refractivity (Wildman–Crippen MR) is 79.8 cm³/mol. The Labute approximate surface area is 116 Å². The SMILES string of the molecule is O=Cc1cc(-c2ccc3ccccc3c2)ccc1Cl. The molecule has 0 bridgehead atoms. The van der Waals surface area contributed by atoms with Gasteiger partial charge in [-0.3, -0.25) is 4.79 Å². The zero-order valence-corrected chi connectivity index (χ0v) is 10.9. The van der Waals surface area contributed by atoms with Crippen molar-refractivity contribution in [3.05, 3.63) is 71.2 Å². The molecule has 0 aliphatic carbocycles. The van der Waals surface area contributed by atoms with Crippen LogP contribution in [0.4, 0.5) is 0 Å². The number of carbonyl (C=O) groups is 1. The molecule has 2 heteroatoms. The van der Waals surface area contributed by atoms with Crippen LogP contribution in [0.3, 0.4) is 0 Å². The first-order chi connectivity index (χ1) is 9.28. The molecule has 0 aromatic heterocycles. The fourth-order valence-electron chi connectivity index (χ4n) is 2.18. The van der Waals surface area contributed by atoms with Gasteiger partial charge in [0.15, 0.2) is 6.29 Å². The molecule has 0 N–H and O–H groups in total. The molecule has 3 aromatic carbocycles. The zero-order chi connectivity index (χ0) is 13.2. The summed E-state index contributed by atoms with van der Waals surface area (Å²) in [5.41, 5.74) is 2.60. The summed E-state index contributed by atoms with van der Waals surface area (Å²) in [6.45, 7) is 0. The van der Waals surface area contributed by atoms with Gasteiger partial charge in [-0.05, 0) is 40.1 Å². The van der Waals surface area contributed by atoms with Gasteiger partial charge in [-0.1, -0.05) is 54.1 Å². The van der Waals surface area contributed by atoms with E-state index >= 15 is 0 Å². The first-order valence-electron chi connectivity index (χ1n) is 6.02. The summed E-state index contributed by atoms with van der Waals surface area (Å²) >= 11 is 5.95. The van der Waals surface area contributed by atoms with Gasteiger partial charge < -0.3 is 0 Å². The summed E-state index contributed by atoms with van der Waals surface area (Å²) in [6, 6.07) is 20.0. The third kappa shape index (κ3) is 2.25. The second-order valence-corrected chi connectivity index (χ2v) is 4.82. The Morgan fingerprint density at radius 3 is 2.26 bits per heavy atom. The minimum absolute atomic E-state index is 0.486. The number of fused-ring (bicyclic) bond motifs is 1. The van der Waals surface area contributed by atoms with Crippen LogP contribution in [0.25, 0.3) is 21.9 Å². The minimum Gasteiger partial charge on any atom is -0.298 e. The van der Waals surface area contributed by atoms with E-state index in [4.69, 9.17) is 11.6 Å². The van der Waals surface area contributed by atoms with Gasteiger partial charge in [0.25, 0.3) is 0 Å². The first kappa shape index (κ1) is 11.9. The van der Waals surface area contributed by atoms with Crippen LogP contribution in [0, 0.1) is 0 Å². The number of hydrogen-bond acceptors (Lipinski definition) is 1. The Hall–Kier alpha value is -2.12. The standard InChI is InChI=1S/C17H11ClO/c18-17-8-7-15(10-16(17)11-19)14-6-5-12-3-1-2-4-13(12)9-14/h1-11H. The summed E-state index contributed by atoms with van der Waals surface area (Å²) < 4.78 is 0. The number of halogens is 1. The summed E-state index contributed by atoms with van der Waals surface area (Å²) in [6.07, 6.45) is 0.785. The summed E-state index contributed by atoms with van der Waals surface area (Å²) in [4.78, 5) is 10.9. The van der Waals surface area contributed by atoms with Crippen molar-refractivity contribution in [2.75, 3.05) is 0 Å². The summed E-state index contributed by atoms with van der Waals surface area (Å²) in [5.74, 6) is 0. The molecule has 0 radical (unpaired) electrons. The van der Waals surface area contributed by atoms with E-state index in [0.29, 0.717) is 10.6 Å². The fraction of sp³-hybridized carbons (Fsp3) is 0. The monoisotopic (exact) mass is 266 g/mol. The van der Waals surface area contributed by atoms with Crippen LogP contribution in [-0.4, -0.2) is 6.29 Å². The molecule has 0 amide bonds. The van der Waals surface area contributed by atoms with E-state index in [2.05, 4.69) is 30.3 Å². The van der Waals surface area contributed by atoms with Crippen molar-refractivity contribution in [3.63, 3.8) is 0 Å². The van der Waals surface area contributed by atoms with E-state index < -0.39 is 0 Å². The van der Waals surface area contributed by atoms with E-state index in [-0.39, 0.29) is 0 Å². The molecule has 92 valence electrons. The molecule has 19 heavy (non-hydrogen) atoms. The molecular weight excluding hydrogens is 256 g/mol. The fourth-order valence-corrected chi connectivity index (χ4v) is 2.34. The zero-order valence-electron chi connectivity index (χ0n) is 10.1. The number of aldehydes is 1. The van der Waals surface area contributed by atoms with Gasteiger partial charge >= 0.3 is 0 Å². The number of benzene rings is 3. The van der Waals surface area contributed by atoms with Crippen molar-refractivity contribution in [2.24, 2.45) is 0 Å². The minimum atomic E-state index is 0.486. The predicted octanol–water partition coefficient (Wildman–Crippen LogP) is 4.97. The van der Waals surface area contributed by atoms with Crippen molar-refractivity contribution in [1.82, 2.24) is 0 Å². The quantitative estimate of drug-likeness (QED) is 0.598. The molecule has 0 aliphatic heterocycles.